The zero-order chi connectivity index (χ0) is 15.5. The van der Waals surface area contributed by atoms with Crippen LogP contribution in [0, 0.1) is 6.92 Å². The highest BCUT2D eigenvalue weighted by Crippen LogP contribution is 2.32. The molecule has 0 spiro atoms. The molecule has 22 heavy (non-hydrogen) atoms. The molecule has 0 radical (unpaired) electrons. The first-order valence-corrected chi connectivity index (χ1v) is 7.15. The summed E-state index contributed by atoms with van der Waals surface area (Å²) in [5.74, 6) is -0.569. The smallest absolute Gasteiger partial charge is 0.293 e. The molecule has 1 aliphatic rings. The number of aryl methyl sites for hydroxylation is 1. The Morgan fingerprint density at radius 2 is 2.09 bits per heavy atom. The molecule has 1 aliphatic heterocycles. The number of hydrogen-bond donors (Lipinski definition) is 0. The van der Waals surface area contributed by atoms with Crippen molar-refractivity contribution < 1.29 is 14.6 Å². The van der Waals surface area contributed by atoms with Gasteiger partial charge < -0.3 is 0 Å². The SMILES string of the molecule is CCOOC(=O)c1cncc2c1N=C(c1ccccc1C)C2. The Balaban J connectivity index is 1.97. The van der Waals surface area contributed by atoms with Gasteiger partial charge in [0.1, 0.15) is 5.56 Å². The summed E-state index contributed by atoms with van der Waals surface area (Å²) in [5.41, 5.74) is 5.05. The number of nitrogens with zero attached hydrogens (tertiary/aromatic N) is 2. The minimum absolute atomic E-state index is 0.298. The van der Waals surface area contributed by atoms with Gasteiger partial charge in [-0.15, -0.1) is 0 Å². The van der Waals surface area contributed by atoms with Crippen LogP contribution in [-0.4, -0.2) is 23.3 Å². The summed E-state index contributed by atoms with van der Waals surface area (Å²) in [7, 11) is 0. The van der Waals surface area contributed by atoms with E-state index in [0.717, 1.165) is 22.4 Å². The van der Waals surface area contributed by atoms with Gasteiger partial charge in [0.25, 0.3) is 0 Å². The second kappa shape index (κ2) is 6.07. The first-order valence-electron chi connectivity index (χ1n) is 7.15. The molecular formula is C17H16N2O3. The van der Waals surface area contributed by atoms with Gasteiger partial charge >= 0.3 is 5.97 Å². The molecule has 0 fully saturated rings. The van der Waals surface area contributed by atoms with Crippen LogP contribution in [0.3, 0.4) is 0 Å². The number of rotatable bonds is 4. The molecule has 2 heterocycles. The molecule has 1 aromatic heterocycles. The standard InChI is InChI=1S/C17H16N2O3/c1-3-21-22-17(20)14-10-18-9-12-8-15(19-16(12)14)13-7-5-4-6-11(13)2/h4-7,9-10H,3,8H2,1-2H3. The van der Waals surface area contributed by atoms with Crippen molar-refractivity contribution in [2.24, 2.45) is 4.99 Å². The van der Waals surface area contributed by atoms with E-state index in [1.54, 1.807) is 13.1 Å². The van der Waals surface area contributed by atoms with E-state index in [-0.39, 0.29) is 0 Å². The van der Waals surface area contributed by atoms with Crippen molar-refractivity contribution in [3.05, 3.63) is 58.9 Å². The van der Waals surface area contributed by atoms with Crippen LogP contribution >= 0.6 is 0 Å². The Bertz CT molecular complexity index is 753. The lowest BCUT2D eigenvalue weighted by Crippen LogP contribution is -2.07. The predicted molar refractivity (Wildman–Crippen MR) is 82.4 cm³/mol. The summed E-state index contributed by atoms with van der Waals surface area (Å²) in [5, 5.41) is 0. The van der Waals surface area contributed by atoms with E-state index in [4.69, 9.17) is 9.78 Å². The molecule has 112 valence electrons. The highest BCUT2D eigenvalue weighted by atomic mass is 17.2. The van der Waals surface area contributed by atoms with Gasteiger partial charge in [0.05, 0.1) is 18.0 Å². The van der Waals surface area contributed by atoms with Gasteiger partial charge in [-0.25, -0.2) is 4.79 Å². The Hall–Kier alpha value is -2.53. The zero-order valence-electron chi connectivity index (χ0n) is 12.5. The van der Waals surface area contributed by atoms with Crippen molar-refractivity contribution in [3.8, 4) is 0 Å². The molecular weight excluding hydrogens is 280 g/mol. The van der Waals surface area contributed by atoms with E-state index >= 15 is 0 Å². The summed E-state index contributed by atoms with van der Waals surface area (Å²) in [6.45, 7) is 4.09. The van der Waals surface area contributed by atoms with Gasteiger partial charge in [-0.05, 0) is 25.0 Å². The Labute approximate surface area is 128 Å². The lowest BCUT2D eigenvalue weighted by molar-refractivity contribution is -0.236. The van der Waals surface area contributed by atoms with Crippen LogP contribution in [0.1, 0.15) is 34.0 Å². The molecule has 2 aromatic rings. The molecule has 0 aliphatic carbocycles. The van der Waals surface area contributed by atoms with E-state index in [2.05, 4.69) is 9.98 Å². The maximum absolute atomic E-state index is 12.0. The fraction of sp³-hybridized carbons (Fsp3) is 0.235. The number of hydrogen-bond acceptors (Lipinski definition) is 5. The van der Waals surface area contributed by atoms with Crippen LogP contribution in [0.2, 0.25) is 0 Å². The molecule has 5 nitrogen and oxygen atoms in total. The molecule has 0 unspecified atom stereocenters. The van der Waals surface area contributed by atoms with E-state index in [1.807, 2.05) is 31.2 Å². The highest BCUT2D eigenvalue weighted by molar-refractivity contribution is 6.09. The quantitative estimate of drug-likeness (QED) is 0.642. The van der Waals surface area contributed by atoms with Crippen molar-refractivity contribution >= 4 is 17.4 Å². The van der Waals surface area contributed by atoms with E-state index in [1.165, 1.54) is 6.20 Å². The number of aromatic nitrogens is 1. The molecule has 0 N–H and O–H groups in total. The van der Waals surface area contributed by atoms with Gasteiger partial charge in [0, 0.05) is 24.4 Å². The predicted octanol–water partition coefficient (Wildman–Crippen LogP) is 3.18. The van der Waals surface area contributed by atoms with Crippen molar-refractivity contribution in [3.63, 3.8) is 0 Å². The van der Waals surface area contributed by atoms with Crippen molar-refractivity contribution in [1.82, 2.24) is 4.98 Å². The van der Waals surface area contributed by atoms with Crippen LogP contribution in [0.4, 0.5) is 5.69 Å². The summed E-state index contributed by atoms with van der Waals surface area (Å²) in [6, 6.07) is 8.05. The molecule has 0 amide bonds. The second-order valence-corrected chi connectivity index (χ2v) is 5.02. The monoisotopic (exact) mass is 296 g/mol. The van der Waals surface area contributed by atoms with E-state index in [9.17, 15) is 4.79 Å². The van der Waals surface area contributed by atoms with E-state index in [0.29, 0.717) is 24.3 Å². The highest BCUT2D eigenvalue weighted by Gasteiger charge is 2.24. The number of pyridine rings is 1. The number of aliphatic imine (C=N–C) groups is 1. The number of fused-ring (bicyclic) bond motifs is 1. The number of carbonyl (C=O) groups excluding carboxylic acids is 1. The van der Waals surface area contributed by atoms with Crippen molar-refractivity contribution in [2.75, 3.05) is 6.61 Å². The fourth-order valence-corrected chi connectivity index (χ4v) is 2.47. The summed E-state index contributed by atoms with van der Waals surface area (Å²) < 4.78 is 0. The zero-order valence-corrected chi connectivity index (χ0v) is 12.5. The minimum atomic E-state index is -0.569. The average molecular weight is 296 g/mol. The Morgan fingerprint density at radius 1 is 1.27 bits per heavy atom. The first kappa shape index (κ1) is 14.4. The van der Waals surface area contributed by atoms with Crippen LogP contribution in [0.15, 0.2) is 41.7 Å². The van der Waals surface area contributed by atoms with E-state index < -0.39 is 5.97 Å². The third kappa shape index (κ3) is 2.63. The second-order valence-electron chi connectivity index (χ2n) is 5.02. The lowest BCUT2D eigenvalue weighted by atomic mass is 10.0. The van der Waals surface area contributed by atoms with Gasteiger partial charge in [0.15, 0.2) is 0 Å². The fourth-order valence-electron chi connectivity index (χ4n) is 2.47. The normalized spacial score (nSPS) is 12.7. The summed E-state index contributed by atoms with van der Waals surface area (Å²) in [4.78, 5) is 30.2. The molecule has 0 atom stereocenters. The van der Waals surface area contributed by atoms with Crippen LogP contribution in [0.5, 0.6) is 0 Å². The molecule has 1 aromatic carbocycles. The van der Waals surface area contributed by atoms with Crippen LogP contribution in [0.25, 0.3) is 0 Å². The molecule has 0 saturated carbocycles. The molecule has 0 saturated heterocycles. The van der Waals surface area contributed by atoms with Crippen LogP contribution in [-0.2, 0) is 16.2 Å². The Morgan fingerprint density at radius 3 is 2.86 bits per heavy atom. The number of benzene rings is 1. The van der Waals surface area contributed by atoms with Gasteiger partial charge in [-0.3, -0.25) is 14.9 Å². The maximum Gasteiger partial charge on any atom is 0.376 e. The van der Waals surface area contributed by atoms with Crippen molar-refractivity contribution in [2.45, 2.75) is 20.3 Å². The number of carbonyl (C=O) groups is 1. The largest absolute Gasteiger partial charge is 0.376 e. The van der Waals surface area contributed by atoms with Gasteiger partial charge in [-0.2, -0.15) is 4.89 Å². The Kier molecular flexibility index (Phi) is 3.98. The first-order chi connectivity index (χ1) is 10.7. The third-order valence-corrected chi connectivity index (χ3v) is 3.53. The van der Waals surface area contributed by atoms with Crippen LogP contribution < -0.4 is 0 Å². The van der Waals surface area contributed by atoms with Gasteiger partial charge in [-0.1, -0.05) is 24.3 Å². The van der Waals surface area contributed by atoms with Gasteiger partial charge in [0.2, 0.25) is 0 Å². The average Bonchev–Trinajstić information content (AvgIpc) is 2.96. The maximum atomic E-state index is 12.0. The molecule has 5 heteroatoms. The summed E-state index contributed by atoms with van der Waals surface area (Å²) >= 11 is 0. The topological polar surface area (TPSA) is 60.8 Å². The van der Waals surface area contributed by atoms with Crippen molar-refractivity contribution in [1.29, 1.82) is 0 Å². The lowest BCUT2D eigenvalue weighted by Gasteiger charge is -2.04. The summed E-state index contributed by atoms with van der Waals surface area (Å²) in [6.07, 6.45) is 3.86. The molecule has 0 bridgehead atoms. The minimum Gasteiger partial charge on any atom is -0.293 e. The molecule has 3 rings (SSSR count). The third-order valence-electron chi connectivity index (χ3n) is 3.53.